The summed E-state index contributed by atoms with van der Waals surface area (Å²) in [5.74, 6) is -0.408. The van der Waals surface area contributed by atoms with Gasteiger partial charge < -0.3 is 5.11 Å². The summed E-state index contributed by atoms with van der Waals surface area (Å²) in [6.07, 6.45) is 4.40. The minimum atomic E-state index is -0.642. The van der Waals surface area contributed by atoms with E-state index in [9.17, 15) is 9.50 Å². The number of hydrogen-bond acceptors (Lipinski definition) is 2. The molecule has 2 rings (SSSR count). The van der Waals surface area contributed by atoms with E-state index in [4.69, 9.17) is 0 Å². The number of benzene rings is 1. The van der Waals surface area contributed by atoms with Crippen molar-refractivity contribution in [3.05, 3.63) is 65.7 Å². The van der Waals surface area contributed by atoms with Crippen molar-refractivity contribution in [3.63, 3.8) is 0 Å². The molecule has 2 nitrogen and oxygen atoms in total. The Morgan fingerprint density at radius 2 is 1.94 bits per heavy atom. The van der Waals surface area contributed by atoms with E-state index >= 15 is 0 Å². The van der Waals surface area contributed by atoms with Crippen LogP contribution in [0.3, 0.4) is 0 Å². The lowest BCUT2D eigenvalue weighted by atomic mass is 10.0. The monoisotopic (exact) mass is 245 g/mol. The van der Waals surface area contributed by atoms with E-state index in [1.54, 1.807) is 0 Å². The average molecular weight is 245 g/mol. The number of rotatable bonds is 5. The fourth-order valence-corrected chi connectivity index (χ4v) is 1.92. The predicted molar refractivity (Wildman–Crippen MR) is 68.5 cm³/mol. The number of aryl methyl sites for hydroxylation is 1. The summed E-state index contributed by atoms with van der Waals surface area (Å²) in [4.78, 5) is 3.74. The fourth-order valence-electron chi connectivity index (χ4n) is 1.92. The lowest BCUT2D eigenvalue weighted by Crippen LogP contribution is -2.00. The van der Waals surface area contributed by atoms with Crippen molar-refractivity contribution in [2.24, 2.45) is 0 Å². The summed E-state index contributed by atoms with van der Waals surface area (Å²) >= 11 is 0. The molecule has 1 aromatic carbocycles. The van der Waals surface area contributed by atoms with Crippen LogP contribution in [0.2, 0.25) is 0 Å². The molecule has 1 unspecified atom stereocenters. The van der Waals surface area contributed by atoms with Crippen LogP contribution in [0.15, 0.2) is 48.8 Å². The highest BCUT2D eigenvalue weighted by Crippen LogP contribution is 2.19. The molecule has 94 valence electrons. The van der Waals surface area contributed by atoms with Crippen molar-refractivity contribution in [2.45, 2.75) is 25.4 Å². The summed E-state index contributed by atoms with van der Waals surface area (Å²) in [5, 5.41) is 9.92. The maximum absolute atomic E-state index is 12.9. The number of pyridine rings is 1. The van der Waals surface area contributed by atoms with Gasteiger partial charge in [0.05, 0.1) is 12.3 Å². The van der Waals surface area contributed by atoms with Crippen LogP contribution >= 0.6 is 0 Å². The van der Waals surface area contributed by atoms with Crippen LogP contribution in [0.1, 0.15) is 30.1 Å². The van der Waals surface area contributed by atoms with Gasteiger partial charge in [0.1, 0.15) is 5.82 Å². The van der Waals surface area contributed by atoms with Crippen molar-refractivity contribution in [3.8, 4) is 0 Å². The second-order valence-electron chi connectivity index (χ2n) is 4.33. The first-order chi connectivity index (χ1) is 8.75. The highest BCUT2D eigenvalue weighted by atomic mass is 19.1. The molecule has 0 spiro atoms. The first-order valence-corrected chi connectivity index (χ1v) is 6.08. The van der Waals surface area contributed by atoms with Gasteiger partial charge in [0.15, 0.2) is 0 Å². The molecular formula is C15H16FNO. The van der Waals surface area contributed by atoms with Crippen molar-refractivity contribution in [1.29, 1.82) is 0 Å². The third kappa shape index (κ3) is 3.64. The van der Waals surface area contributed by atoms with E-state index in [0.717, 1.165) is 19.0 Å². The van der Waals surface area contributed by atoms with Gasteiger partial charge in [-0.25, -0.2) is 4.39 Å². The molecular weight excluding hydrogens is 229 g/mol. The molecule has 1 aromatic heterocycles. The third-order valence-corrected chi connectivity index (χ3v) is 2.90. The largest absolute Gasteiger partial charge is 0.388 e. The van der Waals surface area contributed by atoms with Crippen molar-refractivity contribution in [1.82, 2.24) is 4.98 Å². The fraction of sp³-hybridized carbons (Fsp3) is 0.267. The average Bonchev–Trinajstić information content (AvgIpc) is 2.40. The molecule has 0 aliphatic carbocycles. The first-order valence-electron chi connectivity index (χ1n) is 6.08. The second kappa shape index (κ2) is 6.26. The Balaban J connectivity index is 1.83. The van der Waals surface area contributed by atoms with Gasteiger partial charge in [0.25, 0.3) is 0 Å². The maximum Gasteiger partial charge on any atom is 0.141 e. The topological polar surface area (TPSA) is 33.1 Å². The van der Waals surface area contributed by atoms with Gasteiger partial charge in [-0.3, -0.25) is 4.98 Å². The van der Waals surface area contributed by atoms with E-state index in [1.807, 2.05) is 18.2 Å². The van der Waals surface area contributed by atoms with Crippen LogP contribution in [0.4, 0.5) is 4.39 Å². The lowest BCUT2D eigenvalue weighted by Gasteiger charge is -2.10. The van der Waals surface area contributed by atoms with Crippen molar-refractivity contribution < 1.29 is 9.50 Å². The van der Waals surface area contributed by atoms with Crippen molar-refractivity contribution >= 4 is 0 Å². The highest BCUT2D eigenvalue weighted by Gasteiger charge is 2.08. The Kier molecular flexibility index (Phi) is 4.42. The normalized spacial score (nSPS) is 12.3. The zero-order chi connectivity index (χ0) is 12.8. The summed E-state index contributed by atoms with van der Waals surface area (Å²) in [6.45, 7) is 0. The number of nitrogens with zero attached hydrogens (tertiary/aromatic N) is 1. The first kappa shape index (κ1) is 12.7. The van der Waals surface area contributed by atoms with Crippen molar-refractivity contribution in [2.75, 3.05) is 0 Å². The maximum atomic E-state index is 12.9. The van der Waals surface area contributed by atoms with Crippen LogP contribution in [-0.2, 0) is 6.42 Å². The lowest BCUT2D eigenvalue weighted by molar-refractivity contribution is 0.164. The Morgan fingerprint density at radius 3 is 2.67 bits per heavy atom. The molecule has 18 heavy (non-hydrogen) atoms. The molecule has 1 N–H and O–H groups in total. The molecule has 2 aromatic rings. The van der Waals surface area contributed by atoms with Gasteiger partial charge in [-0.05, 0) is 30.9 Å². The zero-order valence-corrected chi connectivity index (χ0v) is 10.1. The van der Waals surface area contributed by atoms with Gasteiger partial charge in [-0.15, -0.1) is 0 Å². The van der Waals surface area contributed by atoms with Gasteiger partial charge in [0, 0.05) is 11.8 Å². The molecule has 1 heterocycles. The predicted octanol–water partition coefficient (Wildman–Crippen LogP) is 3.28. The Labute approximate surface area is 106 Å². The second-order valence-corrected chi connectivity index (χ2v) is 4.33. The van der Waals surface area contributed by atoms with Crippen LogP contribution in [0.5, 0.6) is 0 Å². The highest BCUT2D eigenvalue weighted by molar-refractivity contribution is 5.15. The molecule has 0 aliphatic rings. The Morgan fingerprint density at radius 1 is 1.17 bits per heavy atom. The quantitative estimate of drug-likeness (QED) is 0.877. The summed E-state index contributed by atoms with van der Waals surface area (Å²) in [5.41, 5.74) is 1.80. The van der Waals surface area contributed by atoms with E-state index in [-0.39, 0.29) is 0 Å². The molecule has 0 radical (unpaired) electrons. The number of aliphatic hydroxyl groups excluding tert-OH is 1. The number of aliphatic hydroxyl groups is 1. The van der Waals surface area contributed by atoms with Crippen LogP contribution in [-0.4, -0.2) is 10.1 Å². The van der Waals surface area contributed by atoms with E-state index < -0.39 is 11.9 Å². The van der Waals surface area contributed by atoms with Crippen LogP contribution in [0, 0.1) is 5.82 Å². The molecule has 0 saturated heterocycles. The standard InChI is InChI=1S/C15H16FNO/c16-14-9-13(10-17-11-14)15(18)8-4-7-12-5-2-1-3-6-12/h1-3,5-6,9-11,15,18H,4,7-8H2. The SMILES string of the molecule is OC(CCCc1ccccc1)c1cncc(F)c1. The smallest absolute Gasteiger partial charge is 0.141 e. The Bertz CT molecular complexity index is 487. The third-order valence-electron chi connectivity index (χ3n) is 2.90. The number of aromatic nitrogens is 1. The molecule has 0 saturated carbocycles. The van der Waals surface area contributed by atoms with E-state index in [0.29, 0.717) is 12.0 Å². The summed E-state index contributed by atoms with van der Waals surface area (Å²) < 4.78 is 12.9. The minimum Gasteiger partial charge on any atom is -0.388 e. The number of halogens is 1. The molecule has 0 amide bonds. The van der Waals surface area contributed by atoms with Crippen LogP contribution < -0.4 is 0 Å². The molecule has 0 bridgehead atoms. The minimum absolute atomic E-state index is 0.408. The Hall–Kier alpha value is -1.74. The van der Waals surface area contributed by atoms with E-state index in [1.165, 1.54) is 17.8 Å². The molecule has 0 aliphatic heterocycles. The molecule has 0 fully saturated rings. The van der Waals surface area contributed by atoms with Gasteiger partial charge >= 0.3 is 0 Å². The van der Waals surface area contributed by atoms with Gasteiger partial charge in [-0.2, -0.15) is 0 Å². The molecule has 1 atom stereocenters. The van der Waals surface area contributed by atoms with Gasteiger partial charge in [-0.1, -0.05) is 30.3 Å². The van der Waals surface area contributed by atoms with E-state index in [2.05, 4.69) is 17.1 Å². The van der Waals surface area contributed by atoms with Gasteiger partial charge in [0.2, 0.25) is 0 Å². The summed E-state index contributed by atoms with van der Waals surface area (Å²) in [7, 11) is 0. The molecule has 3 heteroatoms. The zero-order valence-electron chi connectivity index (χ0n) is 10.1. The summed E-state index contributed by atoms with van der Waals surface area (Å²) in [6, 6.07) is 11.5. The number of hydrogen-bond donors (Lipinski definition) is 1. The van der Waals surface area contributed by atoms with Crippen LogP contribution in [0.25, 0.3) is 0 Å².